The zero-order valence-corrected chi connectivity index (χ0v) is 10.4. The number of rotatable bonds is 7. The Balaban J connectivity index is 2.16. The van der Waals surface area contributed by atoms with E-state index in [-0.39, 0.29) is 0 Å². The molecule has 1 aromatic rings. The number of allylic oxidation sites excluding steroid dienone is 1. The minimum absolute atomic E-state index is 0.544. The van der Waals surface area contributed by atoms with Crippen molar-refractivity contribution in [2.45, 2.75) is 32.7 Å². The number of aromatic nitrogens is 1. The summed E-state index contributed by atoms with van der Waals surface area (Å²) in [6.45, 7) is 9.26. The highest BCUT2D eigenvalue weighted by Gasteiger charge is 2.09. The Morgan fingerprint density at radius 1 is 1.60 bits per heavy atom. The van der Waals surface area contributed by atoms with Crippen LogP contribution in [0.25, 0.3) is 0 Å². The summed E-state index contributed by atoms with van der Waals surface area (Å²) >= 11 is 1.73. The van der Waals surface area contributed by atoms with Gasteiger partial charge in [0.2, 0.25) is 0 Å². The van der Waals surface area contributed by atoms with Crippen LogP contribution in [-0.2, 0) is 6.42 Å². The van der Waals surface area contributed by atoms with Crippen LogP contribution in [-0.4, -0.2) is 17.6 Å². The van der Waals surface area contributed by atoms with E-state index in [1.165, 1.54) is 5.01 Å². The van der Waals surface area contributed by atoms with Crippen LogP contribution in [0, 0.1) is 5.92 Å². The summed E-state index contributed by atoms with van der Waals surface area (Å²) in [5.74, 6) is 0.652. The van der Waals surface area contributed by atoms with E-state index in [1.54, 1.807) is 11.3 Å². The summed E-state index contributed by atoms with van der Waals surface area (Å²) in [6.07, 6.45) is 5.96. The maximum Gasteiger partial charge on any atom is 0.0937 e. The second-order valence-electron chi connectivity index (χ2n) is 3.92. The SMILES string of the molecule is C=CCC(C)C(C)NCCc1nccs1. The van der Waals surface area contributed by atoms with Crippen molar-refractivity contribution in [1.29, 1.82) is 0 Å². The Bertz CT molecular complexity index is 269. The topological polar surface area (TPSA) is 24.9 Å². The molecular weight excluding hydrogens is 204 g/mol. The van der Waals surface area contributed by atoms with Gasteiger partial charge in [-0.2, -0.15) is 0 Å². The average Bonchev–Trinajstić information content (AvgIpc) is 2.71. The smallest absolute Gasteiger partial charge is 0.0937 e. The number of hydrogen-bond donors (Lipinski definition) is 1. The van der Waals surface area contributed by atoms with Crippen molar-refractivity contribution in [3.05, 3.63) is 29.2 Å². The first-order chi connectivity index (χ1) is 7.24. The molecule has 1 rings (SSSR count). The molecule has 3 heteroatoms. The molecule has 1 heterocycles. The van der Waals surface area contributed by atoms with E-state index in [4.69, 9.17) is 0 Å². The number of nitrogens with one attached hydrogen (secondary N) is 1. The lowest BCUT2D eigenvalue weighted by atomic mass is 10.00. The molecule has 0 aliphatic carbocycles. The third-order valence-electron chi connectivity index (χ3n) is 2.68. The van der Waals surface area contributed by atoms with Crippen molar-refractivity contribution in [1.82, 2.24) is 10.3 Å². The lowest BCUT2D eigenvalue weighted by Crippen LogP contribution is -2.33. The van der Waals surface area contributed by atoms with E-state index < -0.39 is 0 Å². The first kappa shape index (κ1) is 12.4. The van der Waals surface area contributed by atoms with Crippen LogP contribution in [0.2, 0.25) is 0 Å². The van der Waals surface area contributed by atoms with Crippen molar-refractivity contribution in [2.24, 2.45) is 5.92 Å². The Morgan fingerprint density at radius 3 is 3.00 bits per heavy atom. The first-order valence-corrected chi connectivity index (χ1v) is 6.34. The van der Waals surface area contributed by atoms with Gasteiger partial charge >= 0.3 is 0 Å². The monoisotopic (exact) mass is 224 g/mol. The van der Waals surface area contributed by atoms with Crippen LogP contribution in [0.1, 0.15) is 25.3 Å². The van der Waals surface area contributed by atoms with Crippen LogP contribution < -0.4 is 5.32 Å². The van der Waals surface area contributed by atoms with Gasteiger partial charge in [-0.25, -0.2) is 4.98 Å². The Labute approximate surface area is 96.4 Å². The number of hydrogen-bond acceptors (Lipinski definition) is 3. The molecule has 0 spiro atoms. The average molecular weight is 224 g/mol. The zero-order valence-electron chi connectivity index (χ0n) is 9.57. The summed E-state index contributed by atoms with van der Waals surface area (Å²) in [4.78, 5) is 4.26. The quantitative estimate of drug-likeness (QED) is 0.720. The summed E-state index contributed by atoms with van der Waals surface area (Å²) in [5.41, 5.74) is 0. The molecule has 0 aliphatic rings. The van der Waals surface area contributed by atoms with Crippen molar-refractivity contribution >= 4 is 11.3 Å². The summed E-state index contributed by atoms with van der Waals surface area (Å²) in [5, 5.41) is 6.77. The molecule has 0 saturated carbocycles. The molecule has 84 valence electrons. The van der Waals surface area contributed by atoms with Gasteiger partial charge in [-0.15, -0.1) is 17.9 Å². The lowest BCUT2D eigenvalue weighted by molar-refractivity contribution is 0.406. The zero-order chi connectivity index (χ0) is 11.1. The van der Waals surface area contributed by atoms with E-state index in [2.05, 4.69) is 30.7 Å². The highest BCUT2D eigenvalue weighted by atomic mass is 32.1. The second kappa shape index (κ2) is 6.75. The van der Waals surface area contributed by atoms with Crippen LogP contribution in [0.15, 0.2) is 24.2 Å². The largest absolute Gasteiger partial charge is 0.314 e. The molecule has 2 atom stereocenters. The van der Waals surface area contributed by atoms with Crippen LogP contribution in [0.4, 0.5) is 0 Å². The van der Waals surface area contributed by atoms with E-state index >= 15 is 0 Å². The maximum atomic E-state index is 4.26. The van der Waals surface area contributed by atoms with Gasteiger partial charge < -0.3 is 5.32 Å². The molecule has 1 aromatic heterocycles. The fraction of sp³-hybridized carbons (Fsp3) is 0.583. The minimum Gasteiger partial charge on any atom is -0.314 e. The standard InChI is InChI=1S/C12H20N2S/c1-4-5-10(2)11(3)13-7-6-12-14-8-9-15-12/h4,8-11,13H,1,5-7H2,2-3H3. The molecule has 2 nitrogen and oxygen atoms in total. The van der Waals surface area contributed by atoms with Gasteiger partial charge in [0.25, 0.3) is 0 Å². The van der Waals surface area contributed by atoms with Gasteiger partial charge in [-0.05, 0) is 19.3 Å². The molecule has 0 aromatic carbocycles. The lowest BCUT2D eigenvalue weighted by Gasteiger charge is -2.19. The Hall–Kier alpha value is -0.670. The molecule has 0 fully saturated rings. The Morgan fingerprint density at radius 2 is 2.40 bits per heavy atom. The van der Waals surface area contributed by atoms with E-state index in [0.717, 1.165) is 19.4 Å². The molecule has 2 unspecified atom stereocenters. The first-order valence-electron chi connectivity index (χ1n) is 5.46. The fourth-order valence-corrected chi connectivity index (χ4v) is 2.07. The predicted molar refractivity (Wildman–Crippen MR) is 67.3 cm³/mol. The van der Waals surface area contributed by atoms with Crippen molar-refractivity contribution in [3.63, 3.8) is 0 Å². The molecule has 0 radical (unpaired) electrons. The summed E-state index contributed by atoms with van der Waals surface area (Å²) in [6, 6.07) is 0.544. The molecule has 1 N–H and O–H groups in total. The molecule has 15 heavy (non-hydrogen) atoms. The van der Waals surface area contributed by atoms with Crippen molar-refractivity contribution in [2.75, 3.05) is 6.54 Å². The second-order valence-corrected chi connectivity index (χ2v) is 4.90. The van der Waals surface area contributed by atoms with Crippen LogP contribution in [0.3, 0.4) is 0 Å². The van der Waals surface area contributed by atoms with E-state index in [1.807, 2.05) is 17.7 Å². The Kier molecular flexibility index (Phi) is 5.58. The number of thiazole rings is 1. The molecule has 0 aliphatic heterocycles. The minimum atomic E-state index is 0.544. The normalized spacial score (nSPS) is 14.8. The van der Waals surface area contributed by atoms with Gasteiger partial charge in [-0.1, -0.05) is 13.0 Å². The third-order valence-corrected chi connectivity index (χ3v) is 3.52. The third kappa shape index (κ3) is 4.58. The summed E-state index contributed by atoms with van der Waals surface area (Å²) < 4.78 is 0. The van der Waals surface area contributed by atoms with E-state index in [9.17, 15) is 0 Å². The predicted octanol–water partition coefficient (Wildman–Crippen LogP) is 2.88. The van der Waals surface area contributed by atoms with Gasteiger partial charge in [0, 0.05) is 30.6 Å². The maximum absolute atomic E-state index is 4.26. The highest BCUT2D eigenvalue weighted by Crippen LogP contribution is 2.08. The number of nitrogens with zero attached hydrogens (tertiary/aromatic N) is 1. The van der Waals surface area contributed by atoms with Crippen LogP contribution >= 0.6 is 11.3 Å². The van der Waals surface area contributed by atoms with Gasteiger partial charge in [0.05, 0.1) is 5.01 Å². The van der Waals surface area contributed by atoms with E-state index in [0.29, 0.717) is 12.0 Å². The summed E-state index contributed by atoms with van der Waals surface area (Å²) in [7, 11) is 0. The van der Waals surface area contributed by atoms with Crippen molar-refractivity contribution < 1.29 is 0 Å². The fourth-order valence-electron chi connectivity index (χ4n) is 1.45. The molecular formula is C12H20N2S. The highest BCUT2D eigenvalue weighted by molar-refractivity contribution is 7.09. The van der Waals surface area contributed by atoms with Gasteiger partial charge in [-0.3, -0.25) is 0 Å². The molecule has 0 amide bonds. The molecule has 0 bridgehead atoms. The van der Waals surface area contributed by atoms with Crippen LogP contribution in [0.5, 0.6) is 0 Å². The van der Waals surface area contributed by atoms with Crippen molar-refractivity contribution in [3.8, 4) is 0 Å². The molecule has 0 saturated heterocycles. The van der Waals surface area contributed by atoms with Gasteiger partial charge in [0.15, 0.2) is 0 Å². The van der Waals surface area contributed by atoms with Gasteiger partial charge in [0.1, 0.15) is 0 Å².